The predicted octanol–water partition coefficient (Wildman–Crippen LogP) is 1.43. The third-order valence-electron chi connectivity index (χ3n) is 1.78. The number of rotatable bonds is 1. The Morgan fingerprint density at radius 3 is 3.08 bits per heavy atom. The first-order valence-corrected chi connectivity index (χ1v) is 4.88. The van der Waals surface area contributed by atoms with Crippen molar-refractivity contribution in [2.45, 2.75) is 6.92 Å². The van der Waals surface area contributed by atoms with Crippen molar-refractivity contribution in [1.29, 1.82) is 0 Å². The molecule has 0 aliphatic carbocycles. The molecule has 0 amide bonds. The smallest absolute Gasteiger partial charge is 0.195 e. The van der Waals surface area contributed by atoms with Crippen LogP contribution in [0.15, 0.2) is 15.8 Å². The monoisotopic (exact) mass is 181 g/mol. The Hall–Kier alpha value is -1.03. The number of thiophene rings is 1. The molecule has 64 valence electrons. The second-order valence-corrected chi connectivity index (χ2v) is 3.49. The molecule has 2 rings (SSSR count). The minimum Gasteiger partial charge on any atom is -0.354 e. The third kappa shape index (κ3) is 1.43. The molecule has 0 fully saturated rings. The maximum Gasteiger partial charge on any atom is 0.195 e. The minimum atomic E-state index is 0.880. The van der Waals surface area contributed by atoms with Gasteiger partial charge >= 0.3 is 0 Å². The fourth-order valence-electron chi connectivity index (χ4n) is 1.10. The molecule has 1 aliphatic heterocycles. The summed E-state index contributed by atoms with van der Waals surface area (Å²) in [6.07, 6.45) is 0. The van der Waals surface area contributed by atoms with E-state index >= 15 is 0 Å². The highest BCUT2D eigenvalue weighted by Crippen LogP contribution is 2.19. The first-order chi connectivity index (χ1) is 5.86. The zero-order valence-electron chi connectivity index (χ0n) is 6.92. The molecular formula is C8H11N3S. The van der Waals surface area contributed by atoms with Crippen LogP contribution in [-0.4, -0.2) is 19.0 Å². The summed E-state index contributed by atoms with van der Waals surface area (Å²) < 4.78 is 0. The summed E-state index contributed by atoms with van der Waals surface area (Å²) in [6, 6.07) is 0. The van der Waals surface area contributed by atoms with E-state index in [0.717, 1.165) is 24.7 Å². The third-order valence-corrected chi connectivity index (χ3v) is 2.64. The molecular weight excluding hydrogens is 170 g/mol. The van der Waals surface area contributed by atoms with E-state index in [1.165, 1.54) is 5.56 Å². The van der Waals surface area contributed by atoms with Gasteiger partial charge in [0, 0.05) is 11.9 Å². The number of anilines is 1. The summed E-state index contributed by atoms with van der Waals surface area (Å²) in [5, 5.41) is 10.6. The molecule has 1 aromatic heterocycles. The largest absolute Gasteiger partial charge is 0.354 e. The Morgan fingerprint density at radius 1 is 1.58 bits per heavy atom. The van der Waals surface area contributed by atoms with Crippen LogP contribution in [0.3, 0.4) is 0 Å². The van der Waals surface area contributed by atoms with Crippen LogP contribution in [0, 0.1) is 6.92 Å². The van der Waals surface area contributed by atoms with Crippen LogP contribution in [0.5, 0.6) is 0 Å². The predicted molar refractivity (Wildman–Crippen MR) is 53.0 cm³/mol. The molecule has 0 saturated heterocycles. The van der Waals surface area contributed by atoms with Gasteiger partial charge in [0.05, 0.1) is 12.2 Å². The highest BCUT2D eigenvalue weighted by atomic mass is 32.1. The van der Waals surface area contributed by atoms with E-state index in [0.29, 0.717) is 0 Å². The average Bonchev–Trinajstić information content (AvgIpc) is 2.65. The van der Waals surface area contributed by atoms with Crippen LogP contribution in [-0.2, 0) is 0 Å². The van der Waals surface area contributed by atoms with Crippen LogP contribution < -0.4 is 10.6 Å². The minimum absolute atomic E-state index is 0.880. The van der Waals surface area contributed by atoms with Gasteiger partial charge in [-0.1, -0.05) is 0 Å². The second kappa shape index (κ2) is 3.15. The normalized spacial score (nSPS) is 15.6. The summed E-state index contributed by atoms with van der Waals surface area (Å²) in [4.78, 5) is 4.25. The first-order valence-electron chi connectivity index (χ1n) is 3.94. The van der Waals surface area contributed by atoms with Gasteiger partial charge in [-0.2, -0.15) is 0 Å². The quantitative estimate of drug-likeness (QED) is 0.687. The lowest BCUT2D eigenvalue weighted by Crippen LogP contribution is -2.26. The molecule has 2 N–H and O–H groups in total. The molecule has 3 nitrogen and oxygen atoms in total. The van der Waals surface area contributed by atoms with Gasteiger partial charge in [-0.15, -0.1) is 11.3 Å². The lowest BCUT2D eigenvalue weighted by molar-refractivity contribution is 0.959. The Kier molecular flexibility index (Phi) is 1.99. The fourth-order valence-corrected chi connectivity index (χ4v) is 1.88. The van der Waals surface area contributed by atoms with E-state index in [2.05, 4.69) is 33.3 Å². The van der Waals surface area contributed by atoms with Crippen molar-refractivity contribution in [1.82, 2.24) is 5.32 Å². The van der Waals surface area contributed by atoms with Crippen LogP contribution in [0.4, 0.5) is 5.69 Å². The van der Waals surface area contributed by atoms with Gasteiger partial charge in [0.15, 0.2) is 5.96 Å². The van der Waals surface area contributed by atoms with E-state index in [-0.39, 0.29) is 0 Å². The Bertz CT molecular complexity index is 303. The lowest BCUT2D eigenvalue weighted by Gasteiger charge is -2.04. The van der Waals surface area contributed by atoms with Crippen molar-refractivity contribution in [3.8, 4) is 0 Å². The van der Waals surface area contributed by atoms with Crippen LogP contribution in [0.2, 0.25) is 0 Å². The van der Waals surface area contributed by atoms with Crippen LogP contribution >= 0.6 is 11.3 Å². The van der Waals surface area contributed by atoms with E-state index in [4.69, 9.17) is 0 Å². The van der Waals surface area contributed by atoms with Gasteiger partial charge in [0.25, 0.3) is 0 Å². The first kappa shape index (κ1) is 7.61. The standard InChI is InChI=1S/C8H11N3S/c1-6-4-12-5-7(6)11-8-9-2-3-10-8/h4-5H,2-3H2,1H3,(H2,9,10,11). The summed E-state index contributed by atoms with van der Waals surface area (Å²) in [6.45, 7) is 3.92. The number of nitrogens with zero attached hydrogens (tertiary/aromatic N) is 1. The molecule has 0 atom stereocenters. The molecule has 0 saturated carbocycles. The molecule has 0 spiro atoms. The van der Waals surface area contributed by atoms with Crippen LogP contribution in [0.1, 0.15) is 5.56 Å². The molecule has 12 heavy (non-hydrogen) atoms. The highest BCUT2D eigenvalue weighted by Gasteiger charge is 2.06. The van der Waals surface area contributed by atoms with Gasteiger partial charge in [-0.3, -0.25) is 4.99 Å². The van der Waals surface area contributed by atoms with Crippen molar-refractivity contribution in [3.05, 3.63) is 16.3 Å². The summed E-state index contributed by atoms with van der Waals surface area (Å²) in [7, 11) is 0. The summed E-state index contributed by atoms with van der Waals surface area (Å²) >= 11 is 1.70. The number of aryl methyl sites for hydroxylation is 1. The molecule has 0 radical (unpaired) electrons. The Labute approximate surface area is 75.5 Å². The fraction of sp³-hybridized carbons (Fsp3) is 0.375. The summed E-state index contributed by atoms with van der Waals surface area (Å²) in [5.74, 6) is 0.900. The number of guanidine groups is 1. The van der Waals surface area contributed by atoms with Gasteiger partial charge < -0.3 is 10.6 Å². The second-order valence-electron chi connectivity index (χ2n) is 2.75. The molecule has 4 heteroatoms. The van der Waals surface area contributed by atoms with Gasteiger partial charge in [-0.05, 0) is 17.9 Å². The number of hydrogen-bond donors (Lipinski definition) is 2. The number of aliphatic imine (C=N–C) groups is 1. The van der Waals surface area contributed by atoms with E-state index in [1.54, 1.807) is 11.3 Å². The zero-order valence-corrected chi connectivity index (χ0v) is 7.74. The SMILES string of the molecule is Cc1cscc1NC1=NCCN1. The molecule has 2 heterocycles. The topological polar surface area (TPSA) is 36.4 Å². The van der Waals surface area contributed by atoms with Crippen molar-refractivity contribution in [2.24, 2.45) is 4.99 Å². The van der Waals surface area contributed by atoms with E-state index in [9.17, 15) is 0 Å². The van der Waals surface area contributed by atoms with Crippen molar-refractivity contribution in [2.75, 3.05) is 18.4 Å². The van der Waals surface area contributed by atoms with E-state index < -0.39 is 0 Å². The van der Waals surface area contributed by atoms with Crippen LogP contribution in [0.25, 0.3) is 0 Å². The zero-order chi connectivity index (χ0) is 8.39. The number of nitrogens with one attached hydrogen (secondary N) is 2. The van der Waals surface area contributed by atoms with Crippen molar-refractivity contribution < 1.29 is 0 Å². The summed E-state index contributed by atoms with van der Waals surface area (Å²) in [5.41, 5.74) is 2.43. The number of hydrogen-bond acceptors (Lipinski definition) is 4. The lowest BCUT2D eigenvalue weighted by atomic mass is 10.3. The Morgan fingerprint density at radius 2 is 2.50 bits per heavy atom. The van der Waals surface area contributed by atoms with Gasteiger partial charge in [0.2, 0.25) is 0 Å². The molecule has 0 aromatic carbocycles. The maximum atomic E-state index is 4.25. The maximum absolute atomic E-state index is 4.25. The average molecular weight is 181 g/mol. The molecule has 1 aliphatic rings. The van der Waals surface area contributed by atoms with E-state index in [1.807, 2.05) is 0 Å². The Balaban J connectivity index is 2.08. The van der Waals surface area contributed by atoms with Gasteiger partial charge in [-0.25, -0.2) is 0 Å². The van der Waals surface area contributed by atoms with Crippen molar-refractivity contribution >= 4 is 23.0 Å². The van der Waals surface area contributed by atoms with Gasteiger partial charge in [0.1, 0.15) is 0 Å². The molecule has 0 bridgehead atoms. The molecule has 0 unspecified atom stereocenters. The van der Waals surface area contributed by atoms with Crippen molar-refractivity contribution in [3.63, 3.8) is 0 Å². The molecule has 1 aromatic rings. The highest BCUT2D eigenvalue weighted by molar-refractivity contribution is 7.08.